The fraction of sp³-hybridized carbons (Fsp3) is 0.250. The van der Waals surface area contributed by atoms with Crippen LogP contribution >= 0.6 is 23.2 Å². The van der Waals surface area contributed by atoms with Crippen molar-refractivity contribution in [3.05, 3.63) is 76.4 Å². The minimum Gasteiger partial charge on any atom is -0.354 e. The van der Waals surface area contributed by atoms with E-state index in [1.807, 2.05) is 24.3 Å². The standard InChI is InChI=1S/C24H25Cl2N5O/c1-2-30-10-12-31(13-11-30)23-9-6-17(16-27-23)24(32)29-20-7-8-21(26)22(15-20)28-19-5-3-4-18(25)14-19/h3-9,14-16,28H,2,10-13H2,1H3,(H,29,32). The van der Waals surface area contributed by atoms with Gasteiger partial charge in [-0.15, -0.1) is 0 Å². The third-order valence-corrected chi connectivity index (χ3v) is 6.05. The Morgan fingerprint density at radius 2 is 1.81 bits per heavy atom. The highest BCUT2D eigenvalue weighted by Crippen LogP contribution is 2.29. The van der Waals surface area contributed by atoms with Crippen molar-refractivity contribution in [2.45, 2.75) is 6.92 Å². The Kier molecular flexibility index (Phi) is 7.15. The van der Waals surface area contributed by atoms with Gasteiger partial charge in [-0.3, -0.25) is 4.79 Å². The predicted molar refractivity (Wildman–Crippen MR) is 133 cm³/mol. The Labute approximate surface area is 198 Å². The monoisotopic (exact) mass is 469 g/mol. The second-order valence-electron chi connectivity index (χ2n) is 7.61. The Morgan fingerprint density at radius 1 is 1.00 bits per heavy atom. The van der Waals surface area contributed by atoms with Crippen molar-refractivity contribution < 1.29 is 4.79 Å². The summed E-state index contributed by atoms with van der Waals surface area (Å²) in [5.74, 6) is 0.674. The highest BCUT2D eigenvalue weighted by atomic mass is 35.5. The molecule has 32 heavy (non-hydrogen) atoms. The van der Waals surface area contributed by atoms with Crippen LogP contribution in [0.25, 0.3) is 0 Å². The molecule has 1 aliphatic heterocycles. The zero-order chi connectivity index (χ0) is 22.5. The molecule has 0 atom stereocenters. The molecule has 2 N–H and O–H groups in total. The van der Waals surface area contributed by atoms with Gasteiger partial charge in [0.2, 0.25) is 0 Å². The van der Waals surface area contributed by atoms with Crippen LogP contribution in [-0.2, 0) is 0 Å². The molecule has 1 aromatic heterocycles. The van der Waals surface area contributed by atoms with Gasteiger partial charge in [-0.1, -0.05) is 36.2 Å². The summed E-state index contributed by atoms with van der Waals surface area (Å²) >= 11 is 12.4. The summed E-state index contributed by atoms with van der Waals surface area (Å²) in [5.41, 5.74) is 2.61. The van der Waals surface area contributed by atoms with Crippen LogP contribution in [0.4, 0.5) is 22.9 Å². The van der Waals surface area contributed by atoms with Gasteiger partial charge in [0.25, 0.3) is 5.91 Å². The first-order chi connectivity index (χ1) is 15.5. The lowest BCUT2D eigenvalue weighted by Crippen LogP contribution is -2.46. The van der Waals surface area contributed by atoms with Gasteiger partial charge in [0, 0.05) is 48.8 Å². The molecule has 0 radical (unpaired) electrons. The number of piperazine rings is 1. The molecule has 1 saturated heterocycles. The zero-order valence-electron chi connectivity index (χ0n) is 17.8. The summed E-state index contributed by atoms with van der Waals surface area (Å²) in [6, 6.07) is 16.4. The van der Waals surface area contributed by atoms with E-state index >= 15 is 0 Å². The molecule has 1 amide bonds. The van der Waals surface area contributed by atoms with E-state index in [2.05, 4.69) is 32.3 Å². The molecule has 166 valence electrons. The van der Waals surface area contributed by atoms with E-state index in [9.17, 15) is 4.79 Å². The number of amides is 1. The Balaban J connectivity index is 1.41. The molecule has 0 spiro atoms. The van der Waals surface area contributed by atoms with Gasteiger partial charge in [-0.05, 0) is 55.1 Å². The molecule has 6 nitrogen and oxygen atoms in total. The summed E-state index contributed by atoms with van der Waals surface area (Å²) < 4.78 is 0. The van der Waals surface area contributed by atoms with E-state index in [0.29, 0.717) is 27.0 Å². The third-order valence-electron chi connectivity index (χ3n) is 5.48. The number of benzene rings is 2. The number of nitrogens with one attached hydrogen (secondary N) is 2. The summed E-state index contributed by atoms with van der Waals surface area (Å²) in [5, 5.41) is 7.30. The van der Waals surface area contributed by atoms with Gasteiger partial charge in [0.15, 0.2) is 0 Å². The zero-order valence-corrected chi connectivity index (χ0v) is 19.3. The van der Waals surface area contributed by atoms with E-state index in [0.717, 1.165) is 44.2 Å². The summed E-state index contributed by atoms with van der Waals surface area (Å²) in [6.07, 6.45) is 1.62. The second-order valence-corrected chi connectivity index (χ2v) is 8.45. The van der Waals surface area contributed by atoms with Gasteiger partial charge in [0.05, 0.1) is 16.3 Å². The largest absolute Gasteiger partial charge is 0.354 e. The third kappa shape index (κ3) is 5.51. The SMILES string of the molecule is CCN1CCN(c2ccc(C(=O)Nc3ccc(Cl)c(Nc4cccc(Cl)c4)c3)cn2)CC1. The fourth-order valence-electron chi connectivity index (χ4n) is 3.62. The molecule has 0 saturated carbocycles. The molecule has 4 rings (SSSR count). The van der Waals surface area contributed by atoms with Crippen molar-refractivity contribution in [2.75, 3.05) is 48.3 Å². The van der Waals surface area contributed by atoms with E-state index in [-0.39, 0.29) is 5.91 Å². The molecule has 2 aromatic carbocycles. The van der Waals surface area contributed by atoms with Crippen LogP contribution < -0.4 is 15.5 Å². The van der Waals surface area contributed by atoms with Crippen LogP contribution in [0.2, 0.25) is 10.0 Å². The van der Waals surface area contributed by atoms with Gasteiger partial charge >= 0.3 is 0 Å². The molecule has 0 aliphatic carbocycles. The first-order valence-corrected chi connectivity index (χ1v) is 11.3. The first-order valence-electron chi connectivity index (χ1n) is 10.6. The Hall–Kier alpha value is -2.80. The highest BCUT2D eigenvalue weighted by Gasteiger charge is 2.17. The first kappa shape index (κ1) is 22.4. The van der Waals surface area contributed by atoms with Gasteiger partial charge in [-0.2, -0.15) is 0 Å². The topological polar surface area (TPSA) is 60.5 Å². The van der Waals surface area contributed by atoms with E-state index in [4.69, 9.17) is 23.2 Å². The number of carbonyl (C=O) groups is 1. The Bertz CT molecular complexity index is 1080. The van der Waals surface area contributed by atoms with Crippen molar-refractivity contribution in [1.29, 1.82) is 0 Å². The van der Waals surface area contributed by atoms with Gasteiger partial charge < -0.3 is 20.4 Å². The van der Waals surface area contributed by atoms with Gasteiger partial charge in [0.1, 0.15) is 5.82 Å². The summed E-state index contributed by atoms with van der Waals surface area (Å²) in [6.45, 7) is 7.20. The van der Waals surface area contributed by atoms with Crippen LogP contribution in [0.3, 0.4) is 0 Å². The normalized spacial score (nSPS) is 14.3. The minimum atomic E-state index is -0.226. The van der Waals surface area contributed by atoms with Crippen LogP contribution in [0.1, 0.15) is 17.3 Å². The number of pyridine rings is 1. The Morgan fingerprint density at radius 3 is 2.50 bits per heavy atom. The fourth-order valence-corrected chi connectivity index (χ4v) is 3.98. The maximum absolute atomic E-state index is 12.7. The van der Waals surface area contributed by atoms with Crippen LogP contribution in [0.15, 0.2) is 60.8 Å². The number of anilines is 4. The second kappa shape index (κ2) is 10.2. The molecule has 3 aromatic rings. The van der Waals surface area contributed by atoms with Crippen molar-refractivity contribution >= 4 is 52.0 Å². The molecular formula is C24H25Cl2N5O. The number of halogens is 2. The highest BCUT2D eigenvalue weighted by molar-refractivity contribution is 6.33. The molecule has 1 aliphatic rings. The summed E-state index contributed by atoms with van der Waals surface area (Å²) in [4.78, 5) is 21.9. The van der Waals surface area contributed by atoms with Crippen LogP contribution in [0.5, 0.6) is 0 Å². The number of likely N-dealkylation sites (N-methyl/N-ethyl adjacent to an activating group) is 1. The average Bonchev–Trinajstić information content (AvgIpc) is 2.81. The minimum absolute atomic E-state index is 0.226. The summed E-state index contributed by atoms with van der Waals surface area (Å²) in [7, 11) is 0. The predicted octanol–water partition coefficient (Wildman–Crippen LogP) is 5.53. The number of aromatic nitrogens is 1. The van der Waals surface area contributed by atoms with Crippen molar-refractivity contribution in [3.8, 4) is 0 Å². The average molecular weight is 470 g/mol. The molecule has 1 fully saturated rings. The van der Waals surface area contributed by atoms with Crippen molar-refractivity contribution in [3.63, 3.8) is 0 Å². The van der Waals surface area contributed by atoms with E-state index in [1.54, 1.807) is 36.5 Å². The molecule has 8 heteroatoms. The molecule has 2 heterocycles. The van der Waals surface area contributed by atoms with E-state index < -0.39 is 0 Å². The lowest BCUT2D eigenvalue weighted by Gasteiger charge is -2.34. The lowest BCUT2D eigenvalue weighted by molar-refractivity contribution is 0.102. The van der Waals surface area contributed by atoms with E-state index in [1.165, 1.54) is 0 Å². The van der Waals surface area contributed by atoms with Gasteiger partial charge in [-0.25, -0.2) is 4.98 Å². The quantitative estimate of drug-likeness (QED) is 0.497. The maximum Gasteiger partial charge on any atom is 0.257 e. The lowest BCUT2D eigenvalue weighted by atomic mass is 10.2. The van der Waals surface area contributed by atoms with Crippen molar-refractivity contribution in [1.82, 2.24) is 9.88 Å². The number of carbonyl (C=O) groups excluding carboxylic acids is 1. The molecular weight excluding hydrogens is 445 g/mol. The van der Waals surface area contributed by atoms with Crippen LogP contribution in [-0.4, -0.2) is 48.5 Å². The molecule has 0 bridgehead atoms. The number of rotatable bonds is 6. The van der Waals surface area contributed by atoms with Crippen LogP contribution in [0, 0.1) is 0 Å². The smallest absolute Gasteiger partial charge is 0.257 e. The number of hydrogen-bond acceptors (Lipinski definition) is 5. The maximum atomic E-state index is 12.7. The van der Waals surface area contributed by atoms with Crippen molar-refractivity contribution in [2.24, 2.45) is 0 Å². The number of nitrogens with zero attached hydrogens (tertiary/aromatic N) is 3. The number of hydrogen-bond donors (Lipinski definition) is 2. The molecule has 0 unspecified atom stereocenters.